The average Bonchev–Trinajstić information content (AvgIpc) is 2.70. The first-order valence-electron chi connectivity index (χ1n) is 10.5. The van der Waals surface area contributed by atoms with E-state index in [1.54, 1.807) is 32.9 Å². The van der Waals surface area contributed by atoms with E-state index in [2.05, 4.69) is 16.0 Å². The number of anilines is 1. The molecule has 0 heterocycles. The Morgan fingerprint density at radius 3 is 2.47 bits per heavy atom. The minimum absolute atomic E-state index is 0.118. The molecular formula is C25H31N3O4. The summed E-state index contributed by atoms with van der Waals surface area (Å²) >= 11 is 0. The maximum Gasteiger partial charge on any atom is 0.407 e. The normalized spacial score (nSPS) is 11.1. The van der Waals surface area contributed by atoms with Crippen LogP contribution < -0.4 is 16.0 Å². The number of rotatable bonds is 8. The van der Waals surface area contributed by atoms with Crippen molar-refractivity contribution in [1.29, 1.82) is 0 Å². The van der Waals surface area contributed by atoms with Crippen molar-refractivity contribution in [2.75, 3.05) is 11.9 Å². The van der Waals surface area contributed by atoms with Gasteiger partial charge in [0.05, 0.1) is 0 Å². The first-order chi connectivity index (χ1) is 15.1. The van der Waals surface area contributed by atoms with E-state index in [0.29, 0.717) is 5.69 Å². The van der Waals surface area contributed by atoms with Crippen molar-refractivity contribution in [3.63, 3.8) is 0 Å². The van der Waals surface area contributed by atoms with Crippen LogP contribution in [0.4, 0.5) is 10.5 Å². The van der Waals surface area contributed by atoms with Gasteiger partial charge in [-0.15, -0.1) is 0 Å². The van der Waals surface area contributed by atoms with Gasteiger partial charge in [-0.05, 0) is 51.0 Å². The number of amides is 3. The van der Waals surface area contributed by atoms with E-state index in [9.17, 15) is 14.4 Å². The summed E-state index contributed by atoms with van der Waals surface area (Å²) in [4.78, 5) is 36.0. The highest BCUT2D eigenvalue weighted by Gasteiger charge is 2.16. The first-order valence-corrected chi connectivity index (χ1v) is 10.5. The molecule has 0 spiro atoms. The van der Waals surface area contributed by atoms with Crippen molar-refractivity contribution in [1.82, 2.24) is 10.6 Å². The summed E-state index contributed by atoms with van der Waals surface area (Å²) in [5.41, 5.74) is 2.88. The fraction of sp³-hybridized carbons (Fsp3) is 0.320. The number of hydrogen-bond donors (Lipinski definition) is 3. The quantitative estimate of drug-likeness (QED) is 0.540. The number of ether oxygens (including phenoxy) is 1. The molecule has 3 N–H and O–H groups in total. The van der Waals surface area contributed by atoms with Gasteiger partial charge < -0.3 is 20.7 Å². The van der Waals surface area contributed by atoms with E-state index in [-0.39, 0.29) is 31.3 Å². The standard InChI is InChI=1S/C25H31N3O4/c1-18-8-7-9-19(16-18)12-13-23(30)28-21-11-6-5-10-20(21)17-27-22(29)14-15-26-24(31)32-25(2,3)4/h5-13,16H,14-15,17H2,1-4H3,(H,26,31)(H,27,29)(H,28,30)/b13-12+. The third-order valence-corrected chi connectivity index (χ3v) is 4.24. The number of benzene rings is 2. The predicted molar refractivity (Wildman–Crippen MR) is 126 cm³/mol. The monoisotopic (exact) mass is 437 g/mol. The molecule has 3 amide bonds. The molecule has 2 aromatic carbocycles. The zero-order valence-corrected chi connectivity index (χ0v) is 19.0. The Bertz CT molecular complexity index is 977. The van der Waals surface area contributed by atoms with Crippen LogP contribution in [0.25, 0.3) is 6.08 Å². The Kier molecular flexibility index (Phi) is 9.01. The third kappa shape index (κ3) is 9.47. The van der Waals surface area contributed by atoms with E-state index < -0.39 is 11.7 Å². The maximum atomic E-state index is 12.3. The second-order valence-corrected chi connectivity index (χ2v) is 8.35. The van der Waals surface area contributed by atoms with Gasteiger partial charge in [-0.2, -0.15) is 0 Å². The van der Waals surface area contributed by atoms with E-state index in [1.165, 1.54) is 6.08 Å². The van der Waals surface area contributed by atoms with Crippen LogP contribution >= 0.6 is 0 Å². The second-order valence-electron chi connectivity index (χ2n) is 8.35. The maximum absolute atomic E-state index is 12.3. The lowest BCUT2D eigenvalue weighted by Crippen LogP contribution is -2.35. The molecule has 170 valence electrons. The molecule has 2 aromatic rings. The molecule has 0 saturated carbocycles. The minimum atomic E-state index is -0.588. The molecule has 0 bridgehead atoms. The SMILES string of the molecule is Cc1cccc(/C=C/C(=O)Nc2ccccc2CNC(=O)CCNC(=O)OC(C)(C)C)c1. The molecule has 0 aliphatic carbocycles. The van der Waals surface area contributed by atoms with Crippen molar-refractivity contribution in [2.45, 2.75) is 46.3 Å². The van der Waals surface area contributed by atoms with Crippen molar-refractivity contribution >= 4 is 29.7 Å². The van der Waals surface area contributed by atoms with Crippen molar-refractivity contribution in [3.05, 3.63) is 71.3 Å². The molecule has 0 fully saturated rings. The summed E-state index contributed by atoms with van der Waals surface area (Å²) in [6.45, 7) is 7.73. The molecule has 0 aromatic heterocycles. The molecule has 2 rings (SSSR count). The number of para-hydroxylation sites is 1. The third-order valence-electron chi connectivity index (χ3n) is 4.24. The lowest BCUT2D eigenvalue weighted by Gasteiger charge is -2.19. The Balaban J connectivity index is 1.83. The number of alkyl carbamates (subject to hydrolysis) is 1. The highest BCUT2D eigenvalue weighted by atomic mass is 16.6. The fourth-order valence-electron chi connectivity index (χ4n) is 2.79. The molecule has 7 heteroatoms. The van der Waals surface area contributed by atoms with Gasteiger partial charge >= 0.3 is 6.09 Å². The molecule has 32 heavy (non-hydrogen) atoms. The predicted octanol–water partition coefficient (Wildman–Crippen LogP) is 4.18. The van der Waals surface area contributed by atoms with Gasteiger partial charge in [0.1, 0.15) is 5.60 Å². The number of carbonyl (C=O) groups is 3. The van der Waals surface area contributed by atoms with Crippen LogP contribution in [-0.4, -0.2) is 30.1 Å². The highest BCUT2D eigenvalue weighted by Crippen LogP contribution is 2.15. The van der Waals surface area contributed by atoms with Gasteiger partial charge in [-0.1, -0.05) is 48.0 Å². The Morgan fingerprint density at radius 2 is 1.75 bits per heavy atom. The number of nitrogens with one attached hydrogen (secondary N) is 3. The largest absolute Gasteiger partial charge is 0.444 e. The fourth-order valence-corrected chi connectivity index (χ4v) is 2.79. The summed E-state index contributed by atoms with van der Waals surface area (Å²) in [5.74, 6) is -0.478. The van der Waals surface area contributed by atoms with Crippen molar-refractivity contribution < 1.29 is 19.1 Å². The van der Waals surface area contributed by atoms with Gasteiger partial charge in [0.25, 0.3) is 0 Å². The minimum Gasteiger partial charge on any atom is -0.444 e. The van der Waals surface area contributed by atoms with Crippen molar-refractivity contribution in [2.24, 2.45) is 0 Å². The number of aryl methyl sites for hydroxylation is 1. The summed E-state index contributed by atoms with van der Waals surface area (Å²) < 4.78 is 5.13. The van der Waals surface area contributed by atoms with Gasteiger partial charge in [-0.25, -0.2) is 4.79 Å². The molecule has 0 aliphatic heterocycles. The van der Waals surface area contributed by atoms with Crippen LogP contribution in [0.1, 0.15) is 43.9 Å². The van der Waals surface area contributed by atoms with Gasteiger partial charge in [-0.3, -0.25) is 9.59 Å². The van der Waals surface area contributed by atoms with E-state index in [1.807, 2.05) is 49.4 Å². The molecule has 0 unspecified atom stereocenters. The molecular weight excluding hydrogens is 406 g/mol. The van der Waals surface area contributed by atoms with Crippen LogP contribution in [-0.2, 0) is 20.9 Å². The summed E-state index contributed by atoms with van der Waals surface area (Å²) in [5, 5.41) is 8.20. The Labute approximate surface area is 189 Å². The molecule has 0 saturated heterocycles. The smallest absolute Gasteiger partial charge is 0.407 e. The lowest BCUT2D eigenvalue weighted by molar-refractivity contribution is -0.121. The van der Waals surface area contributed by atoms with Crippen molar-refractivity contribution in [3.8, 4) is 0 Å². The van der Waals surface area contributed by atoms with E-state index >= 15 is 0 Å². The zero-order chi connectivity index (χ0) is 23.6. The Hall–Kier alpha value is -3.61. The second kappa shape index (κ2) is 11.7. The topological polar surface area (TPSA) is 96.5 Å². The Morgan fingerprint density at radius 1 is 1.00 bits per heavy atom. The average molecular weight is 438 g/mol. The zero-order valence-electron chi connectivity index (χ0n) is 19.0. The van der Waals surface area contributed by atoms with Crippen LogP contribution in [0.3, 0.4) is 0 Å². The highest BCUT2D eigenvalue weighted by molar-refractivity contribution is 6.02. The van der Waals surface area contributed by atoms with Crippen LogP contribution in [0.2, 0.25) is 0 Å². The molecule has 0 aliphatic rings. The van der Waals surface area contributed by atoms with Gasteiger partial charge in [0.15, 0.2) is 0 Å². The van der Waals surface area contributed by atoms with Crippen LogP contribution in [0.15, 0.2) is 54.6 Å². The molecule has 0 radical (unpaired) electrons. The molecule has 7 nitrogen and oxygen atoms in total. The molecule has 0 atom stereocenters. The van der Waals surface area contributed by atoms with Crippen LogP contribution in [0, 0.1) is 6.92 Å². The first kappa shape index (κ1) is 24.7. The van der Waals surface area contributed by atoms with E-state index in [4.69, 9.17) is 4.74 Å². The summed E-state index contributed by atoms with van der Waals surface area (Å²) in [6.07, 6.45) is 2.79. The van der Waals surface area contributed by atoms with Gasteiger partial charge in [0, 0.05) is 31.3 Å². The van der Waals surface area contributed by atoms with Crippen LogP contribution in [0.5, 0.6) is 0 Å². The number of carbonyl (C=O) groups excluding carboxylic acids is 3. The summed E-state index contributed by atoms with van der Waals surface area (Å²) in [7, 11) is 0. The lowest BCUT2D eigenvalue weighted by atomic mass is 10.1. The number of hydrogen-bond acceptors (Lipinski definition) is 4. The summed E-state index contributed by atoms with van der Waals surface area (Å²) in [6, 6.07) is 15.1. The van der Waals surface area contributed by atoms with E-state index in [0.717, 1.165) is 16.7 Å². The van der Waals surface area contributed by atoms with Gasteiger partial charge in [0.2, 0.25) is 11.8 Å².